The summed E-state index contributed by atoms with van der Waals surface area (Å²) in [6, 6.07) is 0. The molecule has 0 N–H and O–H groups in total. The minimum atomic E-state index is 0.563. The van der Waals surface area contributed by atoms with Gasteiger partial charge in [0, 0.05) is 13.7 Å². The second-order valence-electron chi connectivity index (χ2n) is 6.08. The molecule has 0 bridgehead atoms. The van der Waals surface area contributed by atoms with Gasteiger partial charge in [0.15, 0.2) is 0 Å². The summed E-state index contributed by atoms with van der Waals surface area (Å²) in [7, 11) is 1.65. The van der Waals surface area contributed by atoms with Crippen molar-refractivity contribution < 1.29 is 33.2 Å². The fourth-order valence-electron chi connectivity index (χ4n) is 2.15. The first-order valence-corrected chi connectivity index (χ1v) is 10.4. The highest BCUT2D eigenvalue weighted by atomic mass is 16.6. The van der Waals surface area contributed by atoms with Gasteiger partial charge >= 0.3 is 0 Å². The highest BCUT2D eigenvalue weighted by molar-refractivity contribution is 4.42. The molecule has 0 heterocycles. The number of unbranched alkanes of at least 4 members (excludes halogenated alkanes) is 4. The van der Waals surface area contributed by atoms with E-state index in [1.54, 1.807) is 7.11 Å². The van der Waals surface area contributed by atoms with Gasteiger partial charge in [0.2, 0.25) is 0 Å². The number of methoxy groups -OCH3 is 1. The van der Waals surface area contributed by atoms with Crippen molar-refractivity contribution in [2.75, 3.05) is 93.0 Å². The van der Waals surface area contributed by atoms with Crippen LogP contribution in [0.1, 0.15) is 39.0 Å². The van der Waals surface area contributed by atoms with E-state index in [0.717, 1.165) is 13.0 Å². The summed E-state index contributed by atoms with van der Waals surface area (Å²) in [6.45, 7) is 10.1. The van der Waals surface area contributed by atoms with Crippen LogP contribution in [-0.4, -0.2) is 93.0 Å². The Morgan fingerprint density at radius 2 is 0.704 bits per heavy atom. The van der Waals surface area contributed by atoms with Crippen molar-refractivity contribution in [2.24, 2.45) is 0 Å². The molecule has 0 radical (unpaired) electrons. The largest absolute Gasteiger partial charge is 0.382 e. The minimum Gasteiger partial charge on any atom is -0.382 e. The molecule has 0 saturated carbocycles. The second-order valence-corrected chi connectivity index (χ2v) is 6.08. The van der Waals surface area contributed by atoms with Crippen LogP contribution in [-0.2, 0) is 33.2 Å². The lowest BCUT2D eigenvalue weighted by Gasteiger charge is -2.08. The average Bonchev–Trinajstić information content (AvgIpc) is 2.68. The normalized spacial score (nSPS) is 11.3. The van der Waals surface area contributed by atoms with E-state index in [1.165, 1.54) is 25.7 Å². The Kier molecular flexibility index (Phi) is 25.5. The first-order chi connectivity index (χ1) is 13.4. The van der Waals surface area contributed by atoms with Crippen LogP contribution in [0.4, 0.5) is 0 Å². The van der Waals surface area contributed by atoms with Gasteiger partial charge in [-0.15, -0.1) is 0 Å². The number of ether oxygens (including phenoxy) is 7. The molecule has 0 aromatic rings. The summed E-state index contributed by atoms with van der Waals surface area (Å²) in [5.41, 5.74) is 0. The quantitative estimate of drug-likeness (QED) is 0.233. The maximum atomic E-state index is 5.53. The maximum Gasteiger partial charge on any atom is 0.0701 e. The Bertz CT molecular complexity index is 230. The summed E-state index contributed by atoms with van der Waals surface area (Å²) in [4.78, 5) is 0. The third kappa shape index (κ3) is 25.7. The first kappa shape index (κ1) is 26.7. The third-order valence-electron chi connectivity index (χ3n) is 3.68. The summed E-state index contributed by atoms with van der Waals surface area (Å²) in [5.74, 6) is 0. The Labute approximate surface area is 165 Å². The third-order valence-corrected chi connectivity index (χ3v) is 3.68. The van der Waals surface area contributed by atoms with Crippen molar-refractivity contribution in [3.05, 3.63) is 0 Å². The minimum absolute atomic E-state index is 0.563. The Morgan fingerprint density at radius 3 is 1.07 bits per heavy atom. The van der Waals surface area contributed by atoms with Gasteiger partial charge in [0.05, 0.1) is 79.3 Å². The predicted octanol–water partition coefficient (Wildman–Crippen LogP) is 2.70. The molecular formula is C20H42O7. The van der Waals surface area contributed by atoms with Gasteiger partial charge in [-0.2, -0.15) is 0 Å². The number of hydrogen-bond donors (Lipinski definition) is 0. The smallest absolute Gasteiger partial charge is 0.0701 e. The van der Waals surface area contributed by atoms with E-state index < -0.39 is 0 Å². The van der Waals surface area contributed by atoms with E-state index >= 15 is 0 Å². The predicted molar refractivity (Wildman–Crippen MR) is 106 cm³/mol. The summed E-state index contributed by atoms with van der Waals surface area (Å²) >= 11 is 0. The van der Waals surface area contributed by atoms with E-state index in [0.29, 0.717) is 79.3 Å². The zero-order valence-electron chi connectivity index (χ0n) is 17.6. The van der Waals surface area contributed by atoms with E-state index in [4.69, 9.17) is 33.2 Å². The highest BCUT2D eigenvalue weighted by Crippen LogP contribution is 2.02. The van der Waals surface area contributed by atoms with Crippen molar-refractivity contribution in [1.29, 1.82) is 0 Å². The zero-order valence-corrected chi connectivity index (χ0v) is 17.6. The molecule has 0 saturated heterocycles. The highest BCUT2D eigenvalue weighted by Gasteiger charge is 1.94. The van der Waals surface area contributed by atoms with Crippen molar-refractivity contribution in [3.8, 4) is 0 Å². The lowest BCUT2D eigenvalue weighted by Crippen LogP contribution is -2.14. The van der Waals surface area contributed by atoms with Gasteiger partial charge < -0.3 is 33.2 Å². The molecule has 0 amide bonds. The van der Waals surface area contributed by atoms with E-state index in [9.17, 15) is 0 Å². The molecule has 0 atom stereocenters. The van der Waals surface area contributed by atoms with E-state index in [1.807, 2.05) is 0 Å². The van der Waals surface area contributed by atoms with Crippen LogP contribution >= 0.6 is 0 Å². The maximum absolute atomic E-state index is 5.53. The lowest BCUT2D eigenvalue weighted by molar-refractivity contribution is -0.0191. The monoisotopic (exact) mass is 394 g/mol. The Balaban J connectivity index is 2.95. The molecule has 7 heteroatoms. The van der Waals surface area contributed by atoms with Crippen LogP contribution < -0.4 is 0 Å². The van der Waals surface area contributed by atoms with Crippen LogP contribution in [0.15, 0.2) is 0 Å². The number of rotatable bonds is 24. The van der Waals surface area contributed by atoms with Crippen molar-refractivity contribution in [2.45, 2.75) is 39.0 Å². The summed E-state index contributed by atoms with van der Waals surface area (Å²) in [5, 5.41) is 0. The van der Waals surface area contributed by atoms with Gasteiger partial charge in [0.1, 0.15) is 0 Å². The fourth-order valence-corrected chi connectivity index (χ4v) is 2.15. The van der Waals surface area contributed by atoms with E-state index in [2.05, 4.69) is 6.92 Å². The fraction of sp³-hybridized carbons (Fsp3) is 1.00. The van der Waals surface area contributed by atoms with Crippen molar-refractivity contribution in [3.63, 3.8) is 0 Å². The van der Waals surface area contributed by atoms with Crippen LogP contribution in [0.25, 0.3) is 0 Å². The summed E-state index contributed by atoms with van der Waals surface area (Å²) in [6.07, 6.45) is 6.33. The van der Waals surface area contributed by atoms with Gasteiger partial charge in [-0.3, -0.25) is 0 Å². The lowest BCUT2D eigenvalue weighted by atomic mass is 10.2. The topological polar surface area (TPSA) is 64.6 Å². The standard InChI is InChI=1S/C20H42O7/c1-3-4-5-6-7-8-22-11-12-24-15-16-26-19-20-27-18-17-25-14-13-23-10-9-21-2/h3-20H2,1-2H3. The molecule has 0 aromatic heterocycles. The summed E-state index contributed by atoms with van der Waals surface area (Å²) < 4.78 is 37.4. The van der Waals surface area contributed by atoms with Gasteiger partial charge in [-0.25, -0.2) is 0 Å². The molecule has 0 unspecified atom stereocenters. The van der Waals surface area contributed by atoms with Gasteiger partial charge in [0.25, 0.3) is 0 Å². The van der Waals surface area contributed by atoms with Gasteiger partial charge in [-0.05, 0) is 6.42 Å². The van der Waals surface area contributed by atoms with E-state index in [-0.39, 0.29) is 0 Å². The SMILES string of the molecule is CCCCCCCOCCOCCOCCOCCOCCOCCOC. The molecule has 0 rings (SSSR count). The molecule has 7 nitrogen and oxygen atoms in total. The second kappa shape index (κ2) is 25.7. The molecule has 27 heavy (non-hydrogen) atoms. The Morgan fingerprint density at radius 1 is 0.370 bits per heavy atom. The zero-order chi connectivity index (χ0) is 19.7. The van der Waals surface area contributed by atoms with Crippen LogP contribution in [0, 0.1) is 0 Å². The molecule has 0 aromatic carbocycles. The van der Waals surface area contributed by atoms with Crippen LogP contribution in [0.3, 0.4) is 0 Å². The molecule has 0 aliphatic rings. The molecule has 0 aliphatic carbocycles. The van der Waals surface area contributed by atoms with Gasteiger partial charge in [-0.1, -0.05) is 32.6 Å². The van der Waals surface area contributed by atoms with Crippen LogP contribution in [0.2, 0.25) is 0 Å². The van der Waals surface area contributed by atoms with Crippen molar-refractivity contribution in [1.82, 2.24) is 0 Å². The molecular weight excluding hydrogens is 352 g/mol. The Hall–Kier alpha value is -0.280. The molecule has 0 aliphatic heterocycles. The molecule has 0 fully saturated rings. The average molecular weight is 395 g/mol. The first-order valence-electron chi connectivity index (χ1n) is 10.4. The number of hydrogen-bond acceptors (Lipinski definition) is 7. The molecule has 0 spiro atoms. The molecule has 164 valence electrons. The van der Waals surface area contributed by atoms with Crippen molar-refractivity contribution >= 4 is 0 Å². The van der Waals surface area contributed by atoms with Crippen LogP contribution in [0.5, 0.6) is 0 Å².